The van der Waals surface area contributed by atoms with Gasteiger partial charge in [0, 0.05) is 12.2 Å². The van der Waals surface area contributed by atoms with Crippen LogP contribution in [0, 0.1) is 11.3 Å². The Kier molecular flexibility index (Phi) is 5.06. The van der Waals surface area contributed by atoms with Crippen LogP contribution in [-0.2, 0) is 6.18 Å². The summed E-state index contributed by atoms with van der Waals surface area (Å²) < 4.78 is 75.0. The Hall–Kier alpha value is -1.95. The smallest absolute Gasteiger partial charge is 0.395 e. The normalized spacial score (nSPS) is 12.1. The van der Waals surface area contributed by atoms with E-state index in [0.717, 1.165) is 12.1 Å². The maximum Gasteiger partial charge on any atom is 0.417 e. The number of nitrogens with zero attached hydrogens (tertiary/aromatic N) is 2. The van der Waals surface area contributed by atoms with E-state index in [9.17, 15) is 26.3 Å². The van der Waals surface area contributed by atoms with Gasteiger partial charge in [0.25, 0.3) is 0 Å². The third kappa shape index (κ3) is 4.82. The molecule has 0 aromatic heterocycles. The quantitative estimate of drug-likeness (QED) is 0.870. The maximum atomic E-state index is 12.6. The Bertz CT molecular complexity index is 532. The van der Waals surface area contributed by atoms with Crippen molar-refractivity contribution < 1.29 is 31.4 Å². The average molecular weight is 312 g/mol. The molecule has 0 aliphatic rings. The van der Waals surface area contributed by atoms with Gasteiger partial charge >= 0.3 is 12.4 Å². The molecule has 0 aliphatic carbocycles. The van der Waals surface area contributed by atoms with E-state index < -0.39 is 43.2 Å². The van der Waals surface area contributed by atoms with Gasteiger partial charge in [0.15, 0.2) is 0 Å². The number of anilines is 1. The lowest BCUT2D eigenvalue weighted by molar-refractivity contribution is -0.137. The molecule has 21 heavy (non-hydrogen) atoms. The number of aliphatic hydroxyl groups excluding tert-OH is 1. The van der Waals surface area contributed by atoms with E-state index >= 15 is 0 Å². The largest absolute Gasteiger partial charge is 0.417 e. The van der Waals surface area contributed by atoms with E-state index in [1.807, 2.05) is 0 Å². The fourth-order valence-corrected chi connectivity index (χ4v) is 1.71. The summed E-state index contributed by atoms with van der Waals surface area (Å²) in [7, 11) is 0. The summed E-state index contributed by atoms with van der Waals surface area (Å²) >= 11 is 0. The van der Waals surface area contributed by atoms with Gasteiger partial charge in [-0.25, -0.2) is 0 Å². The minimum atomic E-state index is -4.77. The van der Waals surface area contributed by atoms with Crippen LogP contribution >= 0.6 is 0 Å². The fourth-order valence-electron chi connectivity index (χ4n) is 1.71. The number of hydrogen-bond donors (Lipinski definition) is 1. The lowest BCUT2D eigenvalue weighted by atomic mass is 10.1. The van der Waals surface area contributed by atoms with Crippen LogP contribution in [0.25, 0.3) is 0 Å². The Morgan fingerprint density at radius 3 is 2.19 bits per heavy atom. The minimum absolute atomic E-state index is 0.217. The van der Waals surface area contributed by atoms with E-state index in [1.165, 1.54) is 6.07 Å². The van der Waals surface area contributed by atoms with Crippen LogP contribution in [0.5, 0.6) is 0 Å². The number of rotatable bonds is 4. The van der Waals surface area contributed by atoms with Crippen molar-refractivity contribution in [3.8, 4) is 6.07 Å². The molecule has 0 unspecified atom stereocenters. The highest BCUT2D eigenvalue weighted by molar-refractivity contribution is 5.55. The summed E-state index contributed by atoms with van der Waals surface area (Å²) in [4.78, 5) is 0.654. The summed E-state index contributed by atoms with van der Waals surface area (Å²) in [5.41, 5.74) is -2.21. The second kappa shape index (κ2) is 6.22. The predicted molar refractivity (Wildman–Crippen MR) is 61.5 cm³/mol. The van der Waals surface area contributed by atoms with Crippen LogP contribution in [0.1, 0.15) is 11.1 Å². The summed E-state index contributed by atoms with van der Waals surface area (Å²) in [6.45, 7) is -2.47. The first-order valence-electron chi connectivity index (χ1n) is 5.62. The highest BCUT2D eigenvalue weighted by Gasteiger charge is 2.35. The second-order valence-electron chi connectivity index (χ2n) is 4.10. The molecule has 0 heterocycles. The Balaban J connectivity index is 3.20. The zero-order valence-corrected chi connectivity index (χ0v) is 10.5. The number of aliphatic hydroxyl groups is 1. The molecule has 0 bridgehead atoms. The van der Waals surface area contributed by atoms with Gasteiger partial charge in [0.1, 0.15) is 6.54 Å². The van der Waals surface area contributed by atoms with Crippen LogP contribution in [0.4, 0.5) is 32.0 Å². The summed E-state index contributed by atoms with van der Waals surface area (Å²) in [5.74, 6) is 0. The van der Waals surface area contributed by atoms with Gasteiger partial charge in [-0.2, -0.15) is 31.6 Å². The molecule has 0 spiro atoms. The van der Waals surface area contributed by atoms with Crippen molar-refractivity contribution in [1.29, 1.82) is 5.26 Å². The summed E-state index contributed by atoms with van der Waals surface area (Å²) in [6, 6.07) is 3.43. The highest BCUT2D eigenvalue weighted by atomic mass is 19.4. The molecule has 0 saturated heterocycles. The fraction of sp³-hybridized carbons (Fsp3) is 0.417. The van der Waals surface area contributed by atoms with Crippen LogP contribution < -0.4 is 4.90 Å². The number of nitriles is 1. The molecule has 1 N–H and O–H groups in total. The average Bonchev–Trinajstić information content (AvgIpc) is 2.35. The monoisotopic (exact) mass is 312 g/mol. The van der Waals surface area contributed by atoms with Crippen LogP contribution in [0.2, 0.25) is 0 Å². The van der Waals surface area contributed by atoms with Crippen molar-refractivity contribution in [2.75, 3.05) is 24.6 Å². The molecule has 1 aromatic rings. The first kappa shape index (κ1) is 17.1. The van der Waals surface area contributed by atoms with E-state index in [-0.39, 0.29) is 5.69 Å². The molecular weight excluding hydrogens is 302 g/mol. The van der Waals surface area contributed by atoms with Crippen LogP contribution in [-0.4, -0.2) is 31.0 Å². The molecule has 1 rings (SSSR count). The number of benzene rings is 1. The molecule has 0 aliphatic heterocycles. The Morgan fingerprint density at radius 1 is 1.14 bits per heavy atom. The van der Waals surface area contributed by atoms with Crippen molar-refractivity contribution in [3.63, 3.8) is 0 Å². The highest BCUT2D eigenvalue weighted by Crippen LogP contribution is 2.34. The van der Waals surface area contributed by atoms with E-state index in [2.05, 4.69) is 0 Å². The molecule has 3 nitrogen and oxygen atoms in total. The van der Waals surface area contributed by atoms with Crippen molar-refractivity contribution >= 4 is 5.69 Å². The van der Waals surface area contributed by atoms with E-state index in [1.54, 1.807) is 0 Å². The first-order valence-corrected chi connectivity index (χ1v) is 5.62. The SMILES string of the molecule is N#Cc1cc(N(CCO)CC(F)(F)F)ccc1C(F)(F)F. The van der Waals surface area contributed by atoms with Gasteiger partial charge in [0.2, 0.25) is 0 Å². The van der Waals surface area contributed by atoms with Gasteiger partial charge in [-0.3, -0.25) is 0 Å². The molecule has 0 atom stereocenters. The van der Waals surface area contributed by atoms with Gasteiger partial charge in [-0.05, 0) is 18.2 Å². The Morgan fingerprint density at radius 2 is 1.76 bits per heavy atom. The van der Waals surface area contributed by atoms with Crippen molar-refractivity contribution in [3.05, 3.63) is 29.3 Å². The lowest BCUT2D eigenvalue weighted by Gasteiger charge is -2.25. The third-order valence-electron chi connectivity index (χ3n) is 2.53. The van der Waals surface area contributed by atoms with Gasteiger partial charge in [-0.1, -0.05) is 0 Å². The van der Waals surface area contributed by atoms with Gasteiger partial charge in [-0.15, -0.1) is 0 Å². The number of alkyl halides is 6. The van der Waals surface area contributed by atoms with Crippen LogP contribution in [0.3, 0.4) is 0 Å². The molecule has 9 heteroatoms. The topological polar surface area (TPSA) is 47.3 Å². The van der Waals surface area contributed by atoms with Gasteiger partial charge < -0.3 is 10.0 Å². The second-order valence-corrected chi connectivity index (χ2v) is 4.10. The van der Waals surface area contributed by atoms with E-state index in [0.29, 0.717) is 11.0 Å². The molecule has 0 radical (unpaired) electrons. The summed E-state index contributed by atoms with van der Waals surface area (Å²) in [5, 5.41) is 17.5. The third-order valence-corrected chi connectivity index (χ3v) is 2.53. The number of halogens is 6. The molecule has 0 fully saturated rings. The molecule has 116 valence electrons. The molecular formula is C12H10F6N2O. The first-order chi connectivity index (χ1) is 9.58. The lowest BCUT2D eigenvalue weighted by Crippen LogP contribution is -2.36. The molecule has 0 amide bonds. The molecule has 0 saturated carbocycles. The maximum absolute atomic E-state index is 12.6. The minimum Gasteiger partial charge on any atom is -0.395 e. The van der Waals surface area contributed by atoms with Crippen molar-refractivity contribution in [1.82, 2.24) is 0 Å². The zero-order valence-electron chi connectivity index (χ0n) is 10.5. The van der Waals surface area contributed by atoms with E-state index in [4.69, 9.17) is 10.4 Å². The zero-order chi connectivity index (χ0) is 16.3. The predicted octanol–water partition coefficient (Wildman–Crippen LogP) is 2.94. The Labute approximate surface area is 116 Å². The van der Waals surface area contributed by atoms with Crippen molar-refractivity contribution in [2.45, 2.75) is 12.4 Å². The molecule has 1 aromatic carbocycles. The van der Waals surface area contributed by atoms with Gasteiger partial charge in [0.05, 0.1) is 23.8 Å². The summed E-state index contributed by atoms with van der Waals surface area (Å²) in [6.07, 6.45) is -9.36. The standard InChI is InChI=1S/C12H10F6N2O/c13-11(14,15)7-20(3-4-21)9-1-2-10(12(16,17)18)8(5-9)6-19/h1-2,5,21H,3-4,7H2. The van der Waals surface area contributed by atoms with Crippen LogP contribution in [0.15, 0.2) is 18.2 Å². The van der Waals surface area contributed by atoms with Crippen molar-refractivity contribution in [2.24, 2.45) is 0 Å². The number of hydrogen-bond acceptors (Lipinski definition) is 3.